The normalized spacial score (nSPS) is 29.0. The molecule has 2 fully saturated rings. The van der Waals surface area contributed by atoms with Crippen LogP contribution >= 0.6 is 0 Å². The number of rotatable bonds is 3. The topological polar surface area (TPSA) is 34.4 Å². The van der Waals surface area contributed by atoms with Crippen molar-refractivity contribution in [3.63, 3.8) is 0 Å². The van der Waals surface area contributed by atoms with E-state index in [0.717, 1.165) is 25.9 Å². The van der Waals surface area contributed by atoms with Crippen LogP contribution in [-0.4, -0.2) is 36.5 Å². The second-order valence-corrected chi connectivity index (χ2v) is 4.42. The van der Waals surface area contributed by atoms with E-state index >= 15 is 0 Å². The molecule has 1 unspecified atom stereocenters. The molecule has 3 heteroatoms. The minimum Gasteiger partial charge on any atom is -0.338 e. The summed E-state index contributed by atoms with van der Waals surface area (Å²) in [6.07, 6.45) is 8.47. The zero-order valence-electron chi connectivity index (χ0n) is 8.69. The van der Waals surface area contributed by atoms with E-state index in [1.165, 1.54) is 32.1 Å². The molecule has 79 valence electrons. The first-order valence-electron chi connectivity index (χ1n) is 5.78. The van der Waals surface area contributed by atoms with E-state index in [1.54, 1.807) is 0 Å². The van der Waals surface area contributed by atoms with Gasteiger partial charge < -0.3 is 4.90 Å². The average molecular weight is 195 g/mol. The molecule has 14 heavy (non-hydrogen) atoms. The van der Waals surface area contributed by atoms with Gasteiger partial charge in [-0.25, -0.2) is 5.32 Å². The minimum absolute atomic E-state index is 0.413. The largest absolute Gasteiger partial charge is 0.338 e. The summed E-state index contributed by atoms with van der Waals surface area (Å²) in [7, 11) is 0. The number of hydrogen-bond donors (Lipinski definition) is 0. The van der Waals surface area contributed by atoms with Gasteiger partial charge in [0.1, 0.15) is 0 Å². The van der Waals surface area contributed by atoms with Crippen molar-refractivity contribution in [3.05, 3.63) is 0 Å². The molecule has 1 aliphatic carbocycles. The van der Waals surface area contributed by atoms with E-state index in [-0.39, 0.29) is 0 Å². The maximum absolute atomic E-state index is 11.1. The van der Waals surface area contributed by atoms with E-state index < -0.39 is 0 Å². The van der Waals surface area contributed by atoms with Gasteiger partial charge in [-0.15, -0.1) is 0 Å². The number of carbonyl (C=O) groups is 1. The molecule has 0 aromatic heterocycles. The van der Waals surface area contributed by atoms with Gasteiger partial charge in [-0.05, 0) is 19.3 Å². The number of hydrogen-bond acceptors (Lipinski definition) is 1. The van der Waals surface area contributed by atoms with Crippen molar-refractivity contribution in [1.29, 1.82) is 0 Å². The van der Waals surface area contributed by atoms with Crippen molar-refractivity contribution in [1.82, 2.24) is 10.2 Å². The van der Waals surface area contributed by atoms with Crippen molar-refractivity contribution in [2.24, 2.45) is 0 Å². The zero-order valence-corrected chi connectivity index (χ0v) is 8.69. The highest BCUT2D eigenvalue weighted by Crippen LogP contribution is 2.24. The number of nitrogens with zero attached hydrogens (tertiary/aromatic N) is 2. The van der Waals surface area contributed by atoms with Crippen LogP contribution in [0.3, 0.4) is 0 Å². The third-order valence-electron chi connectivity index (χ3n) is 3.50. The predicted molar refractivity (Wildman–Crippen MR) is 55.0 cm³/mol. The van der Waals surface area contributed by atoms with Crippen LogP contribution in [-0.2, 0) is 4.79 Å². The van der Waals surface area contributed by atoms with Crippen LogP contribution in [0.2, 0.25) is 0 Å². The molecule has 1 aliphatic heterocycles. The summed E-state index contributed by atoms with van der Waals surface area (Å²) in [4.78, 5) is 13.1. The Balaban J connectivity index is 1.92. The van der Waals surface area contributed by atoms with Crippen LogP contribution in [0.15, 0.2) is 0 Å². The Morgan fingerprint density at radius 1 is 1.07 bits per heavy atom. The van der Waals surface area contributed by atoms with Gasteiger partial charge in [-0.2, -0.15) is 0 Å². The van der Waals surface area contributed by atoms with Crippen LogP contribution in [0, 0.1) is 0 Å². The molecule has 0 bridgehead atoms. The molecular formula is C11H19N2O. The molecule has 1 saturated carbocycles. The molecule has 0 spiro atoms. The van der Waals surface area contributed by atoms with E-state index in [1.807, 2.05) is 0 Å². The third-order valence-corrected chi connectivity index (χ3v) is 3.50. The summed E-state index contributed by atoms with van der Waals surface area (Å²) in [6.45, 7) is 1.82. The van der Waals surface area contributed by atoms with Crippen molar-refractivity contribution in [3.8, 4) is 0 Å². The monoisotopic (exact) mass is 195 g/mol. The molecule has 1 radical (unpaired) electrons. The lowest BCUT2D eigenvalue weighted by Gasteiger charge is -2.35. The first kappa shape index (κ1) is 9.97. The van der Waals surface area contributed by atoms with Gasteiger partial charge in [0, 0.05) is 25.2 Å². The van der Waals surface area contributed by atoms with Gasteiger partial charge in [0.05, 0.1) is 0 Å². The van der Waals surface area contributed by atoms with Crippen molar-refractivity contribution in [2.75, 3.05) is 13.1 Å². The Kier molecular flexibility index (Phi) is 3.40. The molecule has 1 heterocycles. The Labute approximate surface area is 85.8 Å². The van der Waals surface area contributed by atoms with Crippen LogP contribution in [0.4, 0.5) is 0 Å². The van der Waals surface area contributed by atoms with Gasteiger partial charge >= 0.3 is 0 Å². The van der Waals surface area contributed by atoms with E-state index in [2.05, 4.69) is 10.2 Å². The molecular weight excluding hydrogens is 176 g/mol. The van der Waals surface area contributed by atoms with Gasteiger partial charge in [0.25, 0.3) is 0 Å². The van der Waals surface area contributed by atoms with Crippen molar-refractivity contribution in [2.45, 2.75) is 50.6 Å². The SMILES string of the molecule is O=CN(C1CCCCC1)C1CC[N]C1. The highest BCUT2D eigenvalue weighted by Gasteiger charge is 2.28. The maximum Gasteiger partial charge on any atom is 0.210 e. The van der Waals surface area contributed by atoms with Gasteiger partial charge in [0.15, 0.2) is 0 Å². The summed E-state index contributed by atoms with van der Waals surface area (Å²) < 4.78 is 0. The molecule has 0 aromatic rings. The van der Waals surface area contributed by atoms with Crippen LogP contribution in [0.1, 0.15) is 38.5 Å². The number of carbonyl (C=O) groups excluding carboxylic acids is 1. The van der Waals surface area contributed by atoms with Gasteiger partial charge in [-0.1, -0.05) is 19.3 Å². The zero-order chi connectivity index (χ0) is 9.80. The van der Waals surface area contributed by atoms with E-state index in [0.29, 0.717) is 12.1 Å². The summed E-state index contributed by atoms with van der Waals surface area (Å²) >= 11 is 0. The van der Waals surface area contributed by atoms with Crippen LogP contribution < -0.4 is 5.32 Å². The highest BCUT2D eigenvalue weighted by atomic mass is 16.1. The van der Waals surface area contributed by atoms with Crippen LogP contribution in [0.25, 0.3) is 0 Å². The molecule has 0 N–H and O–H groups in total. The summed E-state index contributed by atoms with van der Waals surface area (Å²) in [5.74, 6) is 0. The molecule has 3 nitrogen and oxygen atoms in total. The van der Waals surface area contributed by atoms with Gasteiger partial charge in [0.2, 0.25) is 6.41 Å². The van der Waals surface area contributed by atoms with E-state index in [9.17, 15) is 4.79 Å². The lowest BCUT2D eigenvalue weighted by atomic mass is 9.93. The first-order valence-corrected chi connectivity index (χ1v) is 5.78. The second kappa shape index (κ2) is 4.78. The van der Waals surface area contributed by atoms with E-state index in [4.69, 9.17) is 0 Å². The standard InChI is InChI=1S/C11H19N2O/c14-9-13(11-6-7-12-8-11)10-4-2-1-3-5-10/h9-11H,1-8H2. The fourth-order valence-corrected chi connectivity index (χ4v) is 2.66. The quantitative estimate of drug-likeness (QED) is 0.622. The molecule has 1 amide bonds. The van der Waals surface area contributed by atoms with Gasteiger partial charge in [-0.3, -0.25) is 4.79 Å². The smallest absolute Gasteiger partial charge is 0.210 e. The third kappa shape index (κ3) is 2.08. The molecule has 0 aromatic carbocycles. The maximum atomic E-state index is 11.1. The highest BCUT2D eigenvalue weighted by molar-refractivity contribution is 5.48. The summed E-state index contributed by atoms with van der Waals surface area (Å²) in [6, 6.07) is 0.926. The Hall–Kier alpha value is -0.570. The minimum atomic E-state index is 0.413. The molecule has 2 aliphatic rings. The first-order chi connectivity index (χ1) is 6.92. The molecule has 1 saturated heterocycles. The average Bonchev–Trinajstić information content (AvgIpc) is 2.74. The summed E-state index contributed by atoms with van der Waals surface area (Å²) in [5, 5.41) is 4.33. The fourth-order valence-electron chi connectivity index (χ4n) is 2.66. The molecule has 2 rings (SSSR count). The van der Waals surface area contributed by atoms with Crippen molar-refractivity contribution < 1.29 is 4.79 Å². The Morgan fingerprint density at radius 3 is 2.43 bits per heavy atom. The molecule has 1 atom stereocenters. The summed E-state index contributed by atoms with van der Waals surface area (Å²) in [5.41, 5.74) is 0. The fraction of sp³-hybridized carbons (Fsp3) is 0.909. The predicted octanol–water partition coefficient (Wildman–Crippen LogP) is 1.15. The Bertz CT molecular complexity index is 184. The lowest BCUT2D eigenvalue weighted by Crippen LogP contribution is -2.43. The second-order valence-electron chi connectivity index (χ2n) is 4.42. The van der Waals surface area contributed by atoms with Crippen LogP contribution in [0.5, 0.6) is 0 Å². The lowest BCUT2D eigenvalue weighted by molar-refractivity contribution is -0.123. The number of amides is 1. The van der Waals surface area contributed by atoms with Crippen molar-refractivity contribution >= 4 is 6.41 Å². The Morgan fingerprint density at radius 2 is 1.86 bits per heavy atom.